The lowest BCUT2D eigenvalue weighted by Gasteiger charge is -2.31. The van der Waals surface area contributed by atoms with Crippen LogP contribution >= 0.6 is 15.9 Å². The first kappa shape index (κ1) is 14.3. The normalized spacial score (nSPS) is 20.3. The minimum atomic E-state index is -0.349. The number of aryl methyl sites for hydroxylation is 1. The van der Waals surface area contributed by atoms with Gasteiger partial charge in [-0.3, -0.25) is 10.1 Å². The molecule has 0 aliphatic carbocycles. The summed E-state index contributed by atoms with van der Waals surface area (Å²) in [6.45, 7) is 3.91. The summed E-state index contributed by atoms with van der Waals surface area (Å²) in [5, 5.41) is 14.4. The number of rotatable bonds is 3. The Balaban J connectivity index is 2.16. The first-order chi connectivity index (χ1) is 8.97. The number of likely N-dealkylation sites (tertiary alicyclic amines) is 1. The minimum Gasteiger partial charge on any atom is -0.380 e. The average Bonchev–Trinajstić information content (AvgIpc) is 2.33. The van der Waals surface area contributed by atoms with Gasteiger partial charge in [-0.05, 0) is 55.4 Å². The van der Waals surface area contributed by atoms with E-state index in [0.29, 0.717) is 11.6 Å². The number of hydrogen-bond donors (Lipinski definition) is 1. The molecule has 1 heterocycles. The highest BCUT2D eigenvalue weighted by Gasteiger charge is 2.19. The summed E-state index contributed by atoms with van der Waals surface area (Å²) in [6, 6.07) is 3.82. The third kappa shape index (κ3) is 3.45. The van der Waals surface area contributed by atoms with Crippen molar-refractivity contribution in [1.29, 1.82) is 0 Å². The third-order valence-corrected chi connectivity index (χ3v) is 4.12. The lowest BCUT2D eigenvalue weighted by Crippen LogP contribution is -2.39. The molecule has 5 nitrogen and oxygen atoms in total. The number of nitro groups is 1. The van der Waals surface area contributed by atoms with Gasteiger partial charge in [0, 0.05) is 34.4 Å². The number of benzene rings is 1. The molecule has 0 spiro atoms. The molecule has 1 fully saturated rings. The van der Waals surface area contributed by atoms with Gasteiger partial charge in [-0.2, -0.15) is 0 Å². The molecule has 1 atom stereocenters. The molecule has 2 rings (SSSR count). The van der Waals surface area contributed by atoms with E-state index < -0.39 is 0 Å². The molecule has 0 amide bonds. The molecule has 0 saturated carbocycles. The first-order valence-corrected chi connectivity index (χ1v) is 7.16. The van der Waals surface area contributed by atoms with Gasteiger partial charge in [-0.25, -0.2) is 0 Å². The van der Waals surface area contributed by atoms with E-state index >= 15 is 0 Å². The number of nitro benzene ring substituents is 1. The van der Waals surface area contributed by atoms with Crippen LogP contribution in [0.25, 0.3) is 0 Å². The highest BCUT2D eigenvalue weighted by molar-refractivity contribution is 9.10. The molecule has 1 saturated heterocycles. The number of hydrogen-bond acceptors (Lipinski definition) is 4. The number of nitrogens with one attached hydrogen (secondary N) is 1. The molecule has 1 aromatic rings. The Kier molecular flexibility index (Phi) is 4.42. The summed E-state index contributed by atoms with van der Waals surface area (Å²) >= 11 is 3.41. The fourth-order valence-electron chi connectivity index (χ4n) is 2.48. The summed E-state index contributed by atoms with van der Waals surface area (Å²) < 4.78 is 0.748. The maximum absolute atomic E-state index is 10.9. The number of anilines is 1. The molecule has 1 aliphatic heterocycles. The topological polar surface area (TPSA) is 58.4 Å². The van der Waals surface area contributed by atoms with E-state index in [1.165, 1.54) is 6.42 Å². The number of likely N-dealkylation sites (N-methyl/N-ethyl adjacent to an activating group) is 1. The van der Waals surface area contributed by atoms with E-state index in [-0.39, 0.29) is 10.6 Å². The summed E-state index contributed by atoms with van der Waals surface area (Å²) in [6.07, 6.45) is 2.31. The van der Waals surface area contributed by atoms with Gasteiger partial charge in [-0.1, -0.05) is 0 Å². The largest absolute Gasteiger partial charge is 0.380 e. The van der Waals surface area contributed by atoms with Crippen molar-refractivity contribution in [3.05, 3.63) is 32.3 Å². The molecule has 19 heavy (non-hydrogen) atoms. The van der Waals surface area contributed by atoms with E-state index in [9.17, 15) is 10.1 Å². The highest BCUT2D eigenvalue weighted by atomic mass is 79.9. The summed E-state index contributed by atoms with van der Waals surface area (Å²) in [5.41, 5.74) is 1.77. The first-order valence-electron chi connectivity index (χ1n) is 6.37. The highest BCUT2D eigenvalue weighted by Crippen LogP contribution is 2.31. The molecule has 6 heteroatoms. The van der Waals surface area contributed by atoms with Crippen molar-refractivity contribution < 1.29 is 4.92 Å². The van der Waals surface area contributed by atoms with E-state index in [0.717, 1.165) is 29.7 Å². The standard InChI is InChI=1S/C13H18BrN3O2/c1-9-6-12(11(14)7-13(9)17(18)19)15-10-4-3-5-16(2)8-10/h6-7,10,15H,3-5,8H2,1-2H3. The van der Waals surface area contributed by atoms with Crippen molar-refractivity contribution in [1.82, 2.24) is 4.90 Å². The van der Waals surface area contributed by atoms with Crippen molar-refractivity contribution in [2.75, 3.05) is 25.5 Å². The number of piperidine rings is 1. The van der Waals surface area contributed by atoms with Crippen LogP contribution in [0.5, 0.6) is 0 Å². The molecule has 1 N–H and O–H groups in total. The SMILES string of the molecule is Cc1cc(NC2CCCN(C)C2)c(Br)cc1[N+](=O)[O-]. The molecule has 1 aliphatic rings. The number of halogens is 1. The van der Waals surface area contributed by atoms with Gasteiger partial charge in [0.2, 0.25) is 0 Å². The zero-order valence-electron chi connectivity index (χ0n) is 11.1. The lowest BCUT2D eigenvalue weighted by molar-refractivity contribution is -0.385. The van der Waals surface area contributed by atoms with Crippen LogP contribution in [0.3, 0.4) is 0 Å². The zero-order chi connectivity index (χ0) is 14.0. The Morgan fingerprint density at radius 1 is 1.53 bits per heavy atom. The van der Waals surface area contributed by atoms with Gasteiger partial charge in [-0.15, -0.1) is 0 Å². The number of nitrogens with zero attached hydrogens (tertiary/aromatic N) is 2. The van der Waals surface area contributed by atoms with Crippen molar-refractivity contribution in [3.63, 3.8) is 0 Å². The van der Waals surface area contributed by atoms with Crippen LogP contribution in [0.1, 0.15) is 18.4 Å². The Morgan fingerprint density at radius 2 is 2.26 bits per heavy atom. The van der Waals surface area contributed by atoms with Crippen molar-refractivity contribution >= 4 is 27.3 Å². The molecular weight excluding hydrogens is 310 g/mol. The third-order valence-electron chi connectivity index (χ3n) is 3.47. The second kappa shape index (κ2) is 5.88. The fourth-order valence-corrected chi connectivity index (χ4v) is 2.93. The van der Waals surface area contributed by atoms with Crippen molar-refractivity contribution in [2.24, 2.45) is 0 Å². The van der Waals surface area contributed by atoms with Crippen molar-refractivity contribution in [3.8, 4) is 0 Å². The quantitative estimate of drug-likeness (QED) is 0.684. The Hall–Kier alpha value is -1.14. The van der Waals surface area contributed by atoms with Crippen LogP contribution in [0.4, 0.5) is 11.4 Å². The Morgan fingerprint density at radius 3 is 2.89 bits per heavy atom. The molecule has 0 aromatic heterocycles. The van der Waals surface area contributed by atoms with Gasteiger partial charge in [0.15, 0.2) is 0 Å². The maximum Gasteiger partial charge on any atom is 0.273 e. The summed E-state index contributed by atoms with van der Waals surface area (Å²) in [7, 11) is 2.12. The molecule has 1 aromatic carbocycles. The fraction of sp³-hybridized carbons (Fsp3) is 0.538. The van der Waals surface area contributed by atoms with E-state index in [2.05, 4.69) is 33.2 Å². The Bertz CT molecular complexity index is 493. The minimum absolute atomic E-state index is 0.151. The van der Waals surface area contributed by atoms with Crippen LogP contribution in [0, 0.1) is 17.0 Å². The second-order valence-corrected chi connectivity index (χ2v) is 5.98. The summed E-state index contributed by atoms with van der Waals surface area (Å²) in [5.74, 6) is 0. The zero-order valence-corrected chi connectivity index (χ0v) is 12.7. The smallest absolute Gasteiger partial charge is 0.273 e. The molecular formula is C13H18BrN3O2. The second-order valence-electron chi connectivity index (χ2n) is 5.12. The van der Waals surface area contributed by atoms with Crippen molar-refractivity contribution in [2.45, 2.75) is 25.8 Å². The predicted octanol–water partition coefficient (Wildman–Crippen LogP) is 3.17. The van der Waals surface area contributed by atoms with Gasteiger partial charge in [0.25, 0.3) is 5.69 Å². The van der Waals surface area contributed by atoms with E-state index in [4.69, 9.17) is 0 Å². The van der Waals surface area contributed by atoms with Gasteiger partial charge < -0.3 is 10.2 Å². The van der Waals surface area contributed by atoms with E-state index in [1.807, 2.05) is 6.07 Å². The van der Waals surface area contributed by atoms with Crippen LogP contribution in [-0.2, 0) is 0 Å². The maximum atomic E-state index is 10.9. The molecule has 0 radical (unpaired) electrons. The van der Waals surface area contributed by atoms with E-state index in [1.54, 1.807) is 13.0 Å². The average molecular weight is 328 g/mol. The predicted molar refractivity (Wildman–Crippen MR) is 79.7 cm³/mol. The summed E-state index contributed by atoms with van der Waals surface area (Å²) in [4.78, 5) is 12.8. The van der Waals surface area contributed by atoms with Crippen LogP contribution in [0.2, 0.25) is 0 Å². The van der Waals surface area contributed by atoms with Crippen LogP contribution in [-0.4, -0.2) is 36.0 Å². The van der Waals surface area contributed by atoms with Gasteiger partial charge in [0.05, 0.1) is 4.92 Å². The molecule has 0 bridgehead atoms. The van der Waals surface area contributed by atoms with Crippen LogP contribution in [0.15, 0.2) is 16.6 Å². The van der Waals surface area contributed by atoms with Crippen LogP contribution < -0.4 is 5.32 Å². The molecule has 1 unspecified atom stereocenters. The Labute approximate surface area is 121 Å². The molecule has 104 valence electrons. The lowest BCUT2D eigenvalue weighted by atomic mass is 10.1. The van der Waals surface area contributed by atoms with Gasteiger partial charge in [0.1, 0.15) is 0 Å². The monoisotopic (exact) mass is 327 g/mol. The van der Waals surface area contributed by atoms with Gasteiger partial charge >= 0.3 is 0 Å².